The second-order valence-corrected chi connectivity index (χ2v) is 4.24. The second kappa shape index (κ2) is 2.46. The molecule has 0 aromatic heterocycles. The first-order chi connectivity index (χ1) is 5.65. The van der Waals surface area contributed by atoms with Crippen molar-refractivity contribution in [3.8, 4) is 0 Å². The molecule has 1 fully saturated rings. The molecule has 0 spiro atoms. The molecule has 0 aromatic carbocycles. The molecule has 2 aliphatic carbocycles. The first-order valence-electron chi connectivity index (χ1n) is 4.69. The van der Waals surface area contributed by atoms with Crippen molar-refractivity contribution in [1.82, 2.24) is 0 Å². The van der Waals surface area contributed by atoms with E-state index in [-0.39, 0.29) is 0 Å². The SMILES string of the molecule is C=C[C@]1(O)CC[C@H]2CC(C)=C[C@H]21. The molecular formula is C11H16O. The van der Waals surface area contributed by atoms with Gasteiger partial charge in [0.15, 0.2) is 0 Å². The van der Waals surface area contributed by atoms with E-state index in [1.54, 1.807) is 6.08 Å². The van der Waals surface area contributed by atoms with Crippen molar-refractivity contribution in [2.24, 2.45) is 11.8 Å². The summed E-state index contributed by atoms with van der Waals surface area (Å²) in [6.07, 6.45) is 7.20. The normalized spacial score (nSPS) is 45.7. The largest absolute Gasteiger partial charge is 0.385 e. The lowest BCUT2D eigenvalue weighted by atomic mass is 9.89. The third-order valence-corrected chi connectivity index (χ3v) is 3.40. The van der Waals surface area contributed by atoms with Gasteiger partial charge in [-0.2, -0.15) is 0 Å². The van der Waals surface area contributed by atoms with E-state index in [0.717, 1.165) is 12.8 Å². The fourth-order valence-corrected chi connectivity index (χ4v) is 2.71. The van der Waals surface area contributed by atoms with E-state index >= 15 is 0 Å². The smallest absolute Gasteiger partial charge is 0.0890 e. The molecule has 66 valence electrons. The predicted octanol–water partition coefficient (Wildman–Crippen LogP) is 2.28. The zero-order valence-corrected chi connectivity index (χ0v) is 7.59. The van der Waals surface area contributed by atoms with E-state index in [4.69, 9.17) is 0 Å². The summed E-state index contributed by atoms with van der Waals surface area (Å²) in [6.45, 7) is 5.88. The van der Waals surface area contributed by atoms with Crippen LogP contribution in [-0.2, 0) is 0 Å². The molecule has 0 bridgehead atoms. The second-order valence-electron chi connectivity index (χ2n) is 4.24. The first kappa shape index (κ1) is 8.06. The Balaban J connectivity index is 2.27. The molecule has 1 nitrogen and oxygen atoms in total. The molecule has 2 aliphatic rings. The van der Waals surface area contributed by atoms with Gasteiger partial charge in [0.05, 0.1) is 5.60 Å². The minimum absolute atomic E-state index is 0.356. The lowest BCUT2D eigenvalue weighted by molar-refractivity contribution is 0.0638. The predicted molar refractivity (Wildman–Crippen MR) is 49.7 cm³/mol. The summed E-state index contributed by atoms with van der Waals surface area (Å²) in [6, 6.07) is 0. The van der Waals surface area contributed by atoms with Crippen molar-refractivity contribution in [2.45, 2.75) is 31.8 Å². The number of rotatable bonds is 1. The van der Waals surface area contributed by atoms with E-state index in [1.165, 1.54) is 12.0 Å². The van der Waals surface area contributed by atoms with Gasteiger partial charge in [-0.05, 0) is 32.1 Å². The lowest BCUT2D eigenvalue weighted by Crippen LogP contribution is -2.30. The van der Waals surface area contributed by atoms with Gasteiger partial charge in [0.2, 0.25) is 0 Å². The van der Waals surface area contributed by atoms with Crippen molar-refractivity contribution in [2.75, 3.05) is 0 Å². The van der Waals surface area contributed by atoms with Crippen LogP contribution in [0.5, 0.6) is 0 Å². The van der Waals surface area contributed by atoms with Crippen molar-refractivity contribution >= 4 is 0 Å². The Morgan fingerprint density at radius 1 is 1.75 bits per heavy atom. The summed E-state index contributed by atoms with van der Waals surface area (Å²) in [5.74, 6) is 1.04. The van der Waals surface area contributed by atoms with Crippen LogP contribution in [0.25, 0.3) is 0 Å². The highest BCUT2D eigenvalue weighted by Crippen LogP contribution is 2.48. The minimum Gasteiger partial charge on any atom is -0.385 e. The Morgan fingerprint density at radius 2 is 2.50 bits per heavy atom. The first-order valence-corrected chi connectivity index (χ1v) is 4.69. The van der Waals surface area contributed by atoms with E-state index in [2.05, 4.69) is 19.6 Å². The zero-order valence-electron chi connectivity index (χ0n) is 7.59. The Labute approximate surface area is 73.8 Å². The molecule has 0 unspecified atom stereocenters. The topological polar surface area (TPSA) is 20.2 Å². The summed E-state index contributed by atoms with van der Waals surface area (Å²) < 4.78 is 0. The maximum Gasteiger partial charge on any atom is 0.0890 e. The standard InChI is InChI=1S/C11H16O/c1-3-11(12)5-4-9-6-8(2)7-10(9)11/h3,7,9-10,12H,1,4-6H2,2H3/t9-,10+,11-/m0/s1. The van der Waals surface area contributed by atoms with Crippen molar-refractivity contribution in [1.29, 1.82) is 0 Å². The number of aliphatic hydroxyl groups is 1. The molecular weight excluding hydrogens is 148 g/mol. The summed E-state index contributed by atoms with van der Waals surface area (Å²) in [5, 5.41) is 10.1. The van der Waals surface area contributed by atoms with Crippen molar-refractivity contribution in [3.05, 3.63) is 24.3 Å². The van der Waals surface area contributed by atoms with Gasteiger partial charge in [0.1, 0.15) is 0 Å². The summed E-state index contributed by atoms with van der Waals surface area (Å²) in [5.41, 5.74) is 0.840. The number of hydrogen-bond acceptors (Lipinski definition) is 1. The van der Waals surface area contributed by atoms with Gasteiger partial charge in [0.25, 0.3) is 0 Å². The fourth-order valence-electron chi connectivity index (χ4n) is 2.71. The van der Waals surface area contributed by atoms with Gasteiger partial charge in [-0.3, -0.25) is 0 Å². The van der Waals surface area contributed by atoms with E-state index in [9.17, 15) is 5.11 Å². The van der Waals surface area contributed by atoms with Crippen molar-refractivity contribution in [3.63, 3.8) is 0 Å². The van der Waals surface area contributed by atoms with Crippen LogP contribution in [-0.4, -0.2) is 10.7 Å². The van der Waals surface area contributed by atoms with Crippen LogP contribution in [0, 0.1) is 11.8 Å². The number of allylic oxidation sites excluding steroid dienone is 1. The Hall–Kier alpha value is -0.560. The quantitative estimate of drug-likeness (QED) is 0.589. The Kier molecular flexibility index (Phi) is 1.65. The Bertz CT molecular complexity index is 241. The maximum absolute atomic E-state index is 10.1. The molecule has 0 radical (unpaired) electrons. The number of hydrogen-bond donors (Lipinski definition) is 1. The molecule has 0 amide bonds. The average Bonchev–Trinajstić information content (AvgIpc) is 2.53. The fraction of sp³-hybridized carbons (Fsp3) is 0.636. The number of fused-ring (bicyclic) bond motifs is 1. The monoisotopic (exact) mass is 164 g/mol. The van der Waals surface area contributed by atoms with Crippen LogP contribution in [0.15, 0.2) is 24.3 Å². The molecule has 1 saturated carbocycles. The van der Waals surface area contributed by atoms with Crippen LogP contribution in [0.4, 0.5) is 0 Å². The molecule has 0 heterocycles. The van der Waals surface area contributed by atoms with E-state index in [0.29, 0.717) is 11.8 Å². The van der Waals surface area contributed by atoms with Crippen LogP contribution in [0.2, 0.25) is 0 Å². The molecule has 3 atom stereocenters. The van der Waals surface area contributed by atoms with Gasteiger partial charge < -0.3 is 5.11 Å². The van der Waals surface area contributed by atoms with Gasteiger partial charge >= 0.3 is 0 Å². The molecule has 1 heteroatoms. The van der Waals surface area contributed by atoms with Gasteiger partial charge in [0, 0.05) is 5.92 Å². The van der Waals surface area contributed by atoms with Gasteiger partial charge in [-0.25, -0.2) is 0 Å². The molecule has 1 N–H and O–H groups in total. The van der Waals surface area contributed by atoms with Crippen LogP contribution < -0.4 is 0 Å². The van der Waals surface area contributed by atoms with E-state index < -0.39 is 5.60 Å². The van der Waals surface area contributed by atoms with Crippen molar-refractivity contribution < 1.29 is 5.11 Å². The van der Waals surface area contributed by atoms with Crippen LogP contribution >= 0.6 is 0 Å². The summed E-state index contributed by atoms with van der Waals surface area (Å²) in [4.78, 5) is 0. The highest BCUT2D eigenvalue weighted by molar-refractivity contribution is 5.22. The molecule has 0 aliphatic heterocycles. The van der Waals surface area contributed by atoms with E-state index in [1.807, 2.05) is 0 Å². The average molecular weight is 164 g/mol. The minimum atomic E-state index is -0.595. The highest BCUT2D eigenvalue weighted by Gasteiger charge is 2.46. The Morgan fingerprint density at radius 3 is 3.17 bits per heavy atom. The van der Waals surface area contributed by atoms with Crippen LogP contribution in [0.3, 0.4) is 0 Å². The molecule has 2 rings (SSSR count). The summed E-state index contributed by atoms with van der Waals surface area (Å²) >= 11 is 0. The maximum atomic E-state index is 10.1. The van der Waals surface area contributed by atoms with Crippen LogP contribution in [0.1, 0.15) is 26.2 Å². The zero-order chi connectivity index (χ0) is 8.77. The van der Waals surface area contributed by atoms with Gasteiger partial charge in [-0.1, -0.05) is 17.7 Å². The highest BCUT2D eigenvalue weighted by atomic mass is 16.3. The third kappa shape index (κ3) is 0.962. The molecule has 12 heavy (non-hydrogen) atoms. The molecule has 0 saturated heterocycles. The molecule has 0 aromatic rings. The lowest BCUT2D eigenvalue weighted by Gasteiger charge is -2.24. The van der Waals surface area contributed by atoms with Gasteiger partial charge in [-0.15, -0.1) is 6.58 Å². The third-order valence-electron chi connectivity index (χ3n) is 3.40. The summed E-state index contributed by atoms with van der Waals surface area (Å²) in [7, 11) is 0.